The van der Waals surface area contributed by atoms with Crippen molar-refractivity contribution in [3.63, 3.8) is 0 Å². The van der Waals surface area contributed by atoms with E-state index in [0.717, 1.165) is 24.6 Å². The van der Waals surface area contributed by atoms with Crippen LogP contribution in [-0.2, 0) is 4.74 Å². The summed E-state index contributed by atoms with van der Waals surface area (Å²) in [6.07, 6.45) is 1.96. The lowest BCUT2D eigenvalue weighted by molar-refractivity contribution is -0.00546. The van der Waals surface area contributed by atoms with Gasteiger partial charge in [0.05, 0.1) is 23.5 Å². The van der Waals surface area contributed by atoms with E-state index in [1.165, 1.54) is 11.3 Å². The molecular formula is C16H20N4O2S. The van der Waals surface area contributed by atoms with Crippen LogP contribution in [0.3, 0.4) is 0 Å². The molecule has 0 saturated carbocycles. The number of aryl methyl sites for hydroxylation is 1. The van der Waals surface area contributed by atoms with Crippen molar-refractivity contribution in [1.29, 1.82) is 0 Å². The van der Waals surface area contributed by atoms with Crippen LogP contribution in [0.2, 0.25) is 0 Å². The van der Waals surface area contributed by atoms with Gasteiger partial charge in [-0.3, -0.25) is 10.1 Å². The van der Waals surface area contributed by atoms with Crippen LogP contribution in [0.4, 0.5) is 10.9 Å². The maximum absolute atomic E-state index is 12.2. The third kappa shape index (κ3) is 3.86. The third-order valence-electron chi connectivity index (χ3n) is 3.59. The van der Waals surface area contributed by atoms with Crippen LogP contribution in [0.25, 0.3) is 0 Å². The summed E-state index contributed by atoms with van der Waals surface area (Å²) in [7, 11) is 0. The largest absolute Gasteiger partial charge is 0.372 e. The molecule has 2 aromatic rings. The number of hydrogen-bond acceptors (Lipinski definition) is 6. The van der Waals surface area contributed by atoms with E-state index in [0.29, 0.717) is 10.7 Å². The molecule has 7 heteroatoms. The fraction of sp³-hybridized carbons (Fsp3) is 0.438. The molecule has 0 aliphatic carbocycles. The zero-order chi connectivity index (χ0) is 16.4. The van der Waals surface area contributed by atoms with Gasteiger partial charge in [0, 0.05) is 24.7 Å². The lowest BCUT2D eigenvalue weighted by Gasteiger charge is -2.36. The number of amides is 1. The van der Waals surface area contributed by atoms with Crippen molar-refractivity contribution in [3.8, 4) is 0 Å². The third-order valence-corrected chi connectivity index (χ3v) is 4.47. The van der Waals surface area contributed by atoms with E-state index >= 15 is 0 Å². The summed E-state index contributed by atoms with van der Waals surface area (Å²) in [6, 6.07) is 3.68. The molecule has 122 valence electrons. The van der Waals surface area contributed by atoms with Gasteiger partial charge in [-0.05, 0) is 32.9 Å². The van der Waals surface area contributed by atoms with Crippen LogP contribution in [-0.4, -0.2) is 41.2 Å². The highest BCUT2D eigenvalue weighted by molar-refractivity contribution is 7.13. The van der Waals surface area contributed by atoms with E-state index in [4.69, 9.17) is 4.74 Å². The number of carbonyl (C=O) groups excluding carboxylic acids is 1. The normalized spacial score (nSPS) is 21.3. The molecule has 0 spiro atoms. The first kappa shape index (κ1) is 15.9. The van der Waals surface area contributed by atoms with E-state index in [1.54, 1.807) is 12.3 Å². The molecule has 23 heavy (non-hydrogen) atoms. The second-order valence-corrected chi connectivity index (χ2v) is 6.67. The number of hydrogen-bond donors (Lipinski definition) is 1. The Balaban J connectivity index is 1.68. The first-order valence-electron chi connectivity index (χ1n) is 7.61. The van der Waals surface area contributed by atoms with Crippen molar-refractivity contribution in [2.24, 2.45) is 0 Å². The Hall–Kier alpha value is -1.99. The van der Waals surface area contributed by atoms with E-state index in [-0.39, 0.29) is 18.1 Å². The molecule has 1 N–H and O–H groups in total. The molecule has 2 aromatic heterocycles. The number of aromatic nitrogens is 2. The van der Waals surface area contributed by atoms with Gasteiger partial charge >= 0.3 is 0 Å². The van der Waals surface area contributed by atoms with Gasteiger partial charge in [0.2, 0.25) is 0 Å². The highest BCUT2D eigenvalue weighted by Gasteiger charge is 2.23. The highest BCUT2D eigenvalue weighted by atomic mass is 32.1. The standard InChI is InChI=1S/C16H20N4O2S/c1-10-9-23-16(18-10)19-15(21)13-4-5-14(17-6-13)20-7-11(2)22-12(3)8-20/h4-6,9,11-12H,7-8H2,1-3H3,(H,18,19,21). The predicted octanol–water partition coefficient (Wildman–Crippen LogP) is 2.71. The summed E-state index contributed by atoms with van der Waals surface area (Å²) >= 11 is 1.41. The van der Waals surface area contributed by atoms with Crippen molar-refractivity contribution < 1.29 is 9.53 Å². The molecule has 3 rings (SSSR count). The fourth-order valence-corrected chi connectivity index (χ4v) is 3.34. The maximum Gasteiger partial charge on any atom is 0.259 e. The Morgan fingerprint density at radius 1 is 1.35 bits per heavy atom. The molecular weight excluding hydrogens is 312 g/mol. The van der Waals surface area contributed by atoms with Crippen LogP contribution in [0, 0.1) is 6.92 Å². The minimum Gasteiger partial charge on any atom is -0.372 e. The molecule has 2 atom stereocenters. The first-order valence-corrected chi connectivity index (χ1v) is 8.49. The molecule has 2 unspecified atom stereocenters. The molecule has 0 bridgehead atoms. The van der Waals surface area contributed by atoms with Gasteiger partial charge in [-0.25, -0.2) is 9.97 Å². The van der Waals surface area contributed by atoms with E-state index in [9.17, 15) is 4.79 Å². The number of rotatable bonds is 3. The summed E-state index contributed by atoms with van der Waals surface area (Å²) in [4.78, 5) is 23.0. The molecule has 3 heterocycles. The summed E-state index contributed by atoms with van der Waals surface area (Å²) in [5, 5.41) is 5.29. The van der Waals surface area contributed by atoms with Gasteiger partial charge < -0.3 is 9.64 Å². The summed E-state index contributed by atoms with van der Waals surface area (Å²) < 4.78 is 5.73. The van der Waals surface area contributed by atoms with Crippen LogP contribution >= 0.6 is 11.3 Å². The zero-order valence-electron chi connectivity index (χ0n) is 13.4. The van der Waals surface area contributed by atoms with Gasteiger partial charge in [0.1, 0.15) is 5.82 Å². The number of anilines is 2. The van der Waals surface area contributed by atoms with Crippen molar-refractivity contribution in [3.05, 3.63) is 35.0 Å². The Morgan fingerprint density at radius 3 is 2.65 bits per heavy atom. The molecule has 1 amide bonds. The van der Waals surface area contributed by atoms with Crippen molar-refractivity contribution >= 4 is 28.2 Å². The van der Waals surface area contributed by atoms with E-state index < -0.39 is 0 Å². The quantitative estimate of drug-likeness (QED) is 0.936. The number of nitrogens with zero attached hydrogens (tertiary/aromatic N) is 3. The number of nitrogens with one attached hydrogen (secondary N) is 1. The predicted molar refractivity (Wildman–Crippen MR) is 91.3 cm³/mol. The molecule has 0 aromatic carbocycles. The fourth-order valence-electron chi connectivity index (χ4n) is 2.65. The second-order valence-electron chi connectivity index (χ2n) is 5.82. The topological polar surface area (TPSA) is 67.4 Å². The average Bonchev–Trinajstić information content (AvgIpc) is 2.91. The maximum atomic E-state index is 12.2. The highest BCUT2D eigenvalue weighted by Crippen LogP contribution is 2.19. The molecule has 1 aliphatic heterocycles. The van der Waals surface area contributed by atoms with Crippen molar-refractivity contribution in [1.82, 2.24) is 9.97 Å². The van der Waals surface area contributed by atoms with Gasteiger partial charge in [-0.2, -0.15) is 0 Å². The molecule has 1 fully saturated rings. The molecule has 6 nitrogen and oxygen atoms in total. The van der Waals surface area contributed by atoms with Crippen LogP contribution in [0.1, 0.15) is 29.9 Å². The summed E-state index contributed by atoms with van der Waals surface area (Å²) in [6.45, 7) is 7.62. The number of carbonyl (C=O) groups is 1. The summed E-state index contributed by atoms with van der Waals surface area (Å²) in [5.74, 6) is 0.677. The molecule has 1 saturated heterocycles. The van der Waals surface area contributed by atoms with E-state index in [2.05, 4.69) is 34.0 Å². The van der Waals surface area contributed by atoms with Crippen molar-refractivity contribution in [2.75, 3.05) is 23.3 Å². The Morgan fingerprint density at radius 2 is 2.09 bits per heavy atom. The number of morpholine rings is 1. The van der Waals surface area contributed by atoms with Gasteiger partial charge in [0.15, 0.2) is 5.13 Å². The Labute approximate surface area is 139 Å². The van der Waals surface area contributed by atoms with E-state index in [1.807, 2.05) is 18.4 Å². The second kappa shape index (κ2) is 6.64. The number of ether oxygens (including phenoxy) is 1. The first-order chi connectivity index (χ1) is 11.0. The minimum atomic E-state index is -0.192. The van der Waals surface area contributed by atoms with Crippen LogP contribution in [0.15, 0.2) is 23.7 Å². The van der Waals surface area contributed by atoms with Crippen LogP contribution < -0.4 is 10.2 Å². The minimum absolute atomic E-state index is 0.177. The molecule has 0 radical (unpaired) electrons. The smallest absolute Gasteiger partial charge is 0.259 e. The average molecular weight is 332 g/mol. The lowest BCUT2D eigenvalue weighted by atomic mass is 10.2. The van der Waals surface area contributed by atoms with Gasteiger partial charge in [-0.1, -0.05) is 0 Å². The monoisotopic (exact) mass is 332 g/mol. The van der Waals surface area contributed by atoms with Crippen molar-refractivity contribution in [2.45, 2.75) is 33.0 Å². The lowest BCUT2D eigenvalue weighted by Crippen LogP contribution is -2.45. The van der Waals surface area contributed by atoms with Crippen LogP contribution in [0.5, 0.6) is 0 Å². The molecule has 1 aliphatic rings. The van der Waals surface area contributed by atoms with Gasteiger partial charge in [-0.15, -0.1) is 11.3 Å². The number of pyridine rings is 1. The zero-order valence-corrected chi connectivity index (χ0v) is 14.3. The Bertz CT molecular complexity index is 676. The summed E-state index contributed by atoms with van der Waals surface area (Å²) in [5.41, 5.74) is 1.42. The van der Waals surface area contributed by atoms with Gasteiger partial charge in [0.25, 0.3) is 5.91 Å². The SMILES string of the molecule is Cc1csc(NC(=O)c2ccc(N3CC(C)OC(C)C3)nc2)n1. The Kier molecular flexibility index (Phi) is 4.58. The number of thiazole rings is 1.